The number of aliphatic hydroxyl groups is 2. The number of amides is 1. The summed E-state index contributed by atoms with van der Waals surface area (Å²) < 4.78 is 5.46. The van der Waals surface area contributed by atoms with Crippen LogP contribution in [-0.4, -0.2) is 47.4 Å². The summed E-state index contributed by atoms with van der Waals surface area (Å²) in [5, 5.41) is 23.1. The van der Waals surface area contributed by atoms with Gasteiger partial charge >= 0.3 is 5.97 Å². The predicted octanol–water partition coefficient (Wildman–Crippen LogP) is 17.2. The van der Waals surface area contributed by atoms with Gasteiger partial charge in [-0.2, -0.15) is 0 Å². The fraction of sp³-hybridized carbons (Fsp3) is 0.862. The van der Waals surface area contributed by atoms with Crippen molar-refractivity contribution in [2.24, 2.45) is 0 Å². The minimum absolute atomic E-state index is 0.00295. The van der Waals surface area contributed by atoms with Crippen LogP contribution < -0.4 is 5.32 Å². The Balaban J connectivity index is 3.46. The van der Waals surface area contributed by atoms with E-state index < -0.39 is 12.1 Å². The second kappa shape index (κ2) is 53.7. The normalized spacial score (nSPS) is 12.9. The zero-order valence-corrected chi connectivity index (χ0v) is 42.8. The summed E-state index contributed by atoms with van der Waals surface area (Å²) in [6.45, 7) is 4.87. The van der Waals surface area contributed by atoms with Crippen LogP contribution in [0.2, 0.25) is 0 Å². The molecule has 0 fully saturated rings. The van der Waals surface area contributed by atoms with Crippen LogP contribution in [0.3, 0.4) is 0 Å². The van der Waals surface area contributed by atoms with Gasteiger partial charge < -0.3 is 20.3 Å². The first kappa shape index (κ1) is 62.1. The van der Waals surface area contributed by atoms with Gasteiger partial charge in [0.2, 0.25) is 5.91 Å². The van der Waals surface area contributed by atoms with Gasteiger partial charge in [-0.1, -0.05) is 237 Å². The van der Waals surface area contributed by atoms with E-state index >= 15 is 0 Å². The Hall–Kier alpha value is -1.92. The van der Waals surface area contributed by atoms with Crippen molar-refractivity contribution >= 4 is 11.9 Å². The highest BCUT2D eigenvalue weighted by atomic mass is 16.5. The molecule has 2 atom stereocenters. The first-order valence-corrected chi connectivity index (χ1v) is 28.3. The molecule has 0 radical (unpaired) electrons. The third-order valence-corrected chi connectivity index (χ3v) is 12.9. The van der Waals surface area contributed by atoms with Crippen molar-refractivity contribution in [1.29, 1.82) is 0 Å². The molecule has 0 aliphatic heterocycles. The van der Waals surface area contributed by atoms with E-state index in [1.165, 1.54) is 218 Å². The summed E-state index contributed by atoms with van der Waals surface area (Å²) in [6.07, 6.45) is 65.9. The first-order valence-electron chi connectivity index (χ1n) is 28.3. The maximum absolute atomic E-state index is 12.4. The van der Waals surface area contributed by atoms with Crippen molar-refractivity contribution in [2.45, 2.75) is 309 Å². The minimum Gasteiger partial charge on any atom is -0.466 e. The largest absolute Gasteiger partial charge is 0.466 e. The number of aliphatic hydroxyl groups excluding tert-OH is 2. The van der Waals surface area contributed by atoms with Gasteiger partial charge in [-0.25, -0.2) is 0 Å². The van der Waals surface area contributed by atoms with E-state index in [2.05, 4.69) is 43.5 Å². The highest BCUT2D eigenvalue weighted by Crippen LogP contribution is 2.16. The standard InChI is InChI=1S/C58H109NO5/c1-3-5-7-9-11-13-15-17-27-30-34-38-42-46-50-56(61)55(54-60)59-57(62)51-47-43-39-35-31-28-25-23-21-19-18-20-22-24-26-29-33-37-41-45-49-53-64-58(63)52-48-44-40-36-32-16-14-12-10-8-6-4-2/h12,14,19,21,46,50,55-56,60-61H,3-11,13,15-18,20,22-45,47-49,51-54H2,1-2H3,(H,59,62)/b14-12-,21-19-,50-46+. The number of carbonyl (C=O) groups is 2. The molecule has 64 heavy (non-hydrogen) atoms. The lowest BCUT2D eigenvalue weighted by Gasteiger charge is -2.20. The van der Waals surface area contributed by atoms with E-state index in [0.717, 1.165) is 51.4 Å². The molecule has 0 aliphatic carbocycles. The molecule has 376 valence electrons. The van der Waals surface area contributed by atoms with Crippen molar-refractivity contribution in [2.75, 3.05) is 13.2 Å². The van der Waals surface area contributed by atoms with Crippen LogP contribution in [0.25, 0.3) is 0 Å². The first-order chi connectivity index (χ1) is 31.5. The van der Waals surface area contributed by atoms with Crippen molar-refractivity contribution < 1.29 is 24.5 Å². The Morgan fingerprint density at radius 1 is 0.422 bits per heavy atom. The Bertz CT molecular complexity index is 1040. The van der Waals surface area contributed by atoms with Crippen LogP contribution in [0.5, 0.6) is 0 Å². The summed E-state index contributed by atoms with van der Waals surface area (Å²) in [4.78, 5) is 24.4. The number of unbranched alkanes of at least 4 members (excludes halogenated alkanes) is 37. The van der Waals surface area contributed by atoms with Crippen LogP contribution in [0.15, 0.2) is 36.5 Å². The SMILES string of the molecule is CCCCC/C=C\CCCCCCCC(=O)OCCCCCCCCCCCC/C=C\CCCCCCCCCC(=O)NC(CO)C(O)/C=C/CCCCCCCCCCCCCC. The second-order valence-electron chi connectivity index (χ2n) is 19.3. The number of hydrogen-bond acceptors (Lipinski definition) is 5. The van der Waals surface area contributed by atoms with Gasteiger partial charge in [0.25, 0.3) is 0 Å². The van der Waals surface area contributed by atoms with E-state index in [9.17, 15) is 19.8 Å². The molecule has 3 N–H and O–H groups in total. The molecule has 0 heterocycles. The number of esters is 1. The van der Waals surface area contributed by atoms with Gasteiger partial charge in [0, 0.05) is 12.8 Å². The third kappa shape index (κ3) is 49.5. The molecular weight excluding hydrogens is 791 g/mol. The topological polar surface area (TPSA) is 95.9 Å². The zero-order valence-electron chi connectivity index (χ0n) is 42.8. The van der Waals surface area contributed by atoms with E-state index in [0.29, 0.717) is 19.4 Å². The van der Waals surface area contributed by atoms with Crippen molar-refractivity contribution in [1.82, 2.24) is 5.32 Å². The fourth-order valence-electron chi connectivity index (χ4n) is 8.50. The average Bonchev–Trinajstić information content (AvgIpc) is 3.29. The molecule has 1 amide bonds. The van der Waals surface area contributed by atoms with Crippen LogP contribution in [0.1, 0.15) is 296 Å². The van der Waals surface area contributed by atoms with Gasteiger partial charge in [-0.3, -0.25) is 9.59 Å². The molecule has 0 aliphatic rings. The summed E-state index contributed by atoms with van der Waals surface area (Å²) in [5.41, 5.74) is 0. The molecule has 6 nitrogen and oxygen atoms in total. The summed E-state index contributed by atoms with van der Waals surface area (Å²) in [7, 11) is 0. The molecule has 6 heteroatoms. The van der Waals surface area contributed by atoms with Crippen LogP contribution in [0, 0.1) is 0 Å². The second-order valence-corrected chi connectivity index (χ2v) is 19.3. The van der Waals surface area contributed by atoms with Crippen LogP contribution in [-0.2, 0) is 14.3 Å². The maximum atomic E-state index is 12.4. The molecule has 0 aromatic carbocycles. The Kier molecular flexibility index (Phi) is 52.1. The lowest BCUT2D eigenvalue weighted by Crippen LogP contribution is -2.45. The Labute approximate surface area is 398 Å². The number of ether oxygens (including phenoxy) is 1. The van der Waals surface area contributed by atoms with E-state index in [4.69, 9.17) is 4.74 Å². The molecule has 0 rings (SSSR count). The molecule has 0 saturated carbocycles. The molecule has 0 aromatic heterocycles. The van der Waals surface area contributed by atoms with Crippen LogP contribution >= 0.6 is 0 Å². The third-order valence-electron chi connectivity index (χ3n) is 12.9. The van der Waals surface area contributed by atoms with E-state index in [-0.39, 0.29) is 18.5 Å². The quantitative estimate of drug-likeness (QED) is 0.0321. The number of allylic oxidation sites excluding steroid dienone is 5. The highest BCUT2D eigenvalue weighted by molar-refractivity contribution is 5.76. The van der Waals surface area contributed by atoms with Crippen molar-refractivity contribution in [3.05, 3.63) is 36.5 Å². The number of nitrogens with one attached hydrogen (secondary N) is 1. The lowest BCUT2D eigenvalue weighted by molar-refractivity contribution is -0.143. The van der Waals surface area contributed by atoms with Crippen molar-refractivity contribution in [3.8, 4) is 0 Å². The Morgan fingerprint density at radius 3 is 1.14 bits per heavy atom. The summed E-state index contributed by atoms with van der Waals surface area (Å²) >= 11 is 0. The number of hydrogen-bond donors (Lipinski definition) is 3. The van der Waals surface area contributed by atoms with Gasteiger partial charge in [0.05, 0.1) is 25.4 Å². The smallest absolute Gasteiger partial charge is 0.305 e. The van der Waals surface area contributed by atoms with E-state index in [1.54, 1.807) is 6.08 Å². The number of carbonyl (C=O) groups excluding carboxylic acids is 2. The average molecular weight is 901 g/mol. The molecule has 2 unspecified atom stereocenters. The Morgan fingerprint density at radius 2 is 0.734 bits per heavy atom. The molecule has 0 bridgehead atoms. The van der Waals surface area contributed by atoms with Gasteiger partial charge in [0.1, 0.15) is 0 Å². The van der Waals surface area contributed by atoms with E-state index in [1.807, 2.05) is 6.08 Å². The molecule has 0 aromatic rings. The van der Waals surface area contributed by atoms with Gasteiger partial charge in [-0.05, 0) is 83.5 Å². The van der Waals surface area contributed by atoms with Crippen molar-refractivity contribution in [3.63, 3.8) is 0 Å². The zero-order chi connectivity index (χ0) is 46.5. The monoisotopic (exact) mass is 900 g/mol. The van der Waals surface area contributed by atoms with Gasteiger partial charge in [0.15, 0.2) is 0 Å². The lowest BCUT2D eigenvalue weighted by atomic mass is 10.0. The summed E-state index contributed by atoms with van der Waals surface area (Å²) in [5.74, 6) is -0.0789. The number of rotatable bonds is 52. The predicted molar refractivity (Wildman–Crippen MR) is 278 cm³/mol. The molecular formula is C58H109NO5. The maximum Gasteiger partial charge on any atom is 0.305 e. The summed E-state index contributed by atoms with van der Waals surface area (Å²) in [6, 6.07) is -0.633. The molecule has 0 spiro atoms. The van der Waals surface area contributed by atoms with Gasteiger partial charge in [-0.15, -0.1) is 0 Å². The minimum atomic E-state index is -0.849. The molecule has 0 saturated heterocycles. The fourth-order valence-corrected chi connectivity index (χ4v) is 8.50. The van der Waals surface area contributed by atoms with Crippen LogP contribution in [0.4, 0.5) is 0 Å². The highest BCUT2D eigenvalue weighted by Gasteiger charge is 2.18.